The number of rotatable bonds is 5. The Balaban J connectivity index is 1.32. The summed E-state index contributed by atoms with van der Waals surface area (Å²) >= 11 is 3.11. The molecule has 0 radical (unpaired) electrons. The molecule has 2 amide bonds. The van der Waals surface area contributed by atoms with Crippen LogP contribution in [0.4, 0.5) is 0 Å². The van der Waals surface area contributed by atoms with Crippen LogP contribution in [-0.4, -0.2) is 37.1 Å². The molecule has 2 N–H and O–H groups in total. The van der Waals surface area contributed by atoms with Gasteiger partial charge < -0.3 is 0 Å². The Morgan fingerprint density at radius 2 is 1.97 bits per heavy atom. The highest BCUT2D eigenvalue weighted by Crippen LogP contribution is 2.39. The number of hydrazine groups is 1. The lowest BCUT2D eigenvalue weighted by Crippen LogP contribution is -2.45. The third kappa shape index (κ3) is 4.47. The first kappa shape index (κ1) is 22.6. The minimum absolute atomic E-state index is 0.00673. The molecule has 1 saturated carbocycles. The molecule has 1 fully saturated rings. The highest BCUT2D eigenvalue weighted by Gasteiger charge is 2.26. The molecule has 10 heteroatoms. The molecule has 8 nitrogen and oxygen atoms in total. The van der Waals surface area contributed by atoms with E-state index in [0.29, 0.717) is 11.1 Å². The number of carbonyl (C=O) groups excluding carboxylic acids is 2. The third-order valence-electron chi connectivity index (χ3n) is 6.79. The molecule has 33 heavy (non-hydrogen) atoms. The van der Waals surface area contributed by atoms with Crippen molar-refractivity contribution in [2.24, 2.45) is 11.8 Å². The lowest BCUT2D eigenvalue weighted by molar-refractivity contribution is -0.131. The maximum absolute atomic E-state index is 12.4. The Labute approximate surface area is 201 Å². The number of thioether (sulfide) groups is 1. The van der Waals surface area contributed by atoms with Crippen molar-refractivity contribution in [3.63, 3.8) is 0 Å². The van der Waals surface area contributed by atoms with E-state index in [1.54, 1.807) is 11.3 Å². The van der Waals surface area contributed by atoms with Crippen LogP contribution in [0.1, 0.15) is 68.6 Å². The van der Waals surface area contributed by atoms with Crippen LogP contribution in [0.2, 0.25) is 0 Å². The van der Waals surface area contributed by atoms with E-state index in [9.17, 15) is 9.59 Å². The van der Waals surface area contributed by atoms with E-state index in [2.05, 4.69) is 34.9 Å². The van der Waals surface area contributed by atoms with E-state index >= 15 is 0 Å². The van der Waals surface area contributed by atoms with Gasteiger partial charge in [0.2, 0.25) is 11.8 Å². The van der Waals surface area contributed by atoms with Crippen molar-refractivity contribution in [1.82, 2.24) is 30.4 Å². The first-order chi connectivity index (χ1) is 16.0. The quantitative estimate of drug-likeness (QED) is 0.420. The second-order valence-electron chi connectivity index (χ2n) is 9.22. The molecule has 1 atom stereocenters. The van der Waals surface area contributed by atoms with E-state index < -0.39 is 0 Å². The Hall–Kier alpha value is -2.20. The van der Waals surface area contributed by atoms with Gasteiger partial charge >= 0.3 is 0 Å². The summed E-state index contributed by atoms with van der Waals surface area (Å²) in [7, 11) is 0. The average molecular weight is 487 g/mol. The van der Waals surface area contributed by atoms with E-state index in [1.807, 2.05) is 4.40 Å². The molecule has 2 aliphatic carbocycles. The zero-order chi connectivity index (χ0) is 22.9. The molecule has 0 aromatic carbocycles. The molecule has 3 aromatic rings. The summed E-state index contributed by atoms with van der Waals surface area (Å²) in [6, 6.07) is 0. The second-order valence-corrected chi connectivity index (χ2v) is 11.2. The highest BCUT2D eigenvalue weighted by atomic mass is 32.2. The number of fused-ring (bicyclic) bond motifs is 5. The maximum atomic E-state index is 12.4. The summed E-state index contributed by atoms with van der Waals surface area (Å²) in [6.07, 6.45) is 9.23. The second kappa shape index (κ2) is 9.58. The molecule has 3 aromatic heterocycles. The monoisotopic (exact) mass is 486 g/mol. The molecule has 1 unspecified atom stereocenters. The number of hydrogen-bond donors (Lipinski definition) is 2. The number of thiophene rings is 1. The van der Waals surface area contributed by atoms with Crippen molar-refractivity contribution in [2.45, 2.75) is 76.8 Å². The zero-order valence-corrected chi connectivity index (χ0v) is 20.8. The highest BCUT2D eigenvalue weighted by molar-refractivity contribution is 7.99. The summed E-state index contributed by atoms with van der Waals surface area (Å²) in [6.45, 7) is 4.38. The lowest BCUT2D eigenvalue weighted by atomic mass is 9.89. The number of aryl methyl sites for hydroxylation is 2. The molecule has 0 saturated heterocycles. The lowest BCUT2D eigenvalue weighted by Gasteiger charge is -2.20. The van der Waals surface area contributed by atoms with Crippen LogP contribution in [0.25, 0.3) is 15.9 Å². The summed E-state index contributed by atoms with van der Waals surface area (Å²) in [5.74, 6) is 1.42. The Morgan fingerprint density at radius 1 is 1.15 bits per heavy atom. The summed E-state index contributed by atoms with van der Waals surface area (Å²) in [4.78, 5) is 32.1. The van der Waals surface area contributed by atoms with Crippen molar-refractivity contribution < 1.29 is 9.59 Å². The topological polar surface area (TPSA) is 101 Å². The number of amides is 2. The normalized spacial score (nSPS) is 19.0. The standard InChI is InChI=1S/C23H30N6O2S2/c1-3-17-24-22-19(15-10-9-13(2)11-16(15)33-22)20-26-28-23(29(17)20)32-12-18(30)25-27-21(31)14-7-5-4-6-8-14/h13-14H,3-12H2,1-2H3,(H,25,30)(H,27,31). The van der Waals surface area contributed by atoms with Gasteiger partial charge in [0.25, 0.3) is 0 Å². The number of carbonyl (C=O) groups is 2. The van der Waals surface area contributed by atoms with Crippen LogP contribution in [0.15, 0.2) is 5.16 Å². The first-order valence-electron chi connectivity index (χ1n) is 11.9. The van der Waals surface area contributed by atoms with Gasteiger partial charge in [-0.2, -0.15) is 0 Å². The molecule has 0 aliphatic heterocycles. The molecular weight excluding hydrogens is 456 g/mol. The predicted molar refractivity (Wildman–Crippen MR) is 130 cm³/mol. The van der Waals surface area contributed by atoms with Crippen LogP contribution >= 0.6 is 23.1 Å². The minimum Gasteiger partial charge on any atom is -0.273 e. The molecule has 0 spiro atoms. The third-order valence-corrected chi connectivity index (χ3v) is 8.87. The van der Waals surface area contributed by atoms with Crippen LogP contribution in [-0.2, 0) is 28.9 Å². The van der Waals surface area contributed by atoms with Crippen LogP contribution in [0.3, 0.4) is 0 Å². The van der Waals surface area contributed by atoms with Crippen molar-refractivity contribution in [2.75, 3.05) is 5.75 Å². The Morgan fingerprint density at radius 3 is 2.76 bits per heavy atom. The minimum atomic E-state index is -0.255. The van der Waals surface area contributed by atoms with E-state index in [4.69, 9.17) is 4.98 Å². The fraction of sp³-hybridized carbons (Fsp3) is 0.609. The van der Waals surface area contributed by atoms with Gasteiger partial charge in [0, 0.05) is 17.2 Å². The Bertz CT molecular complexity index is 1200. The van der Waals surface area contributed by atoms with Gasteiger partial charge in [0.05, 0.1) is 11.1 Å². The van der Waals surface area contributed by atoms with Gasteiger partial charge in [-0.3, -0.25) is 24.8 Å². The molecule has 0 bridgehead atoms. The number of nitrogens with zero attached hydrogens (tertiary/aromatic N) is 4. The van der Waals surface area contributed by atoms with E-state index in [1.165, 1.54) is 35.0 Å². The molecule has 3 heterocycles. The van der Waals surface area contributed by atoms with Crippen LogP contribution < -0.4 is 10.9 Å². The maximum Gasteiger partial charge on any atom is 0.248 e. The zero-order valence-electron chi connectivity index (χ0n) is 19.1. The van der Waals surface area contributed by atoms with Gasteiger partial charge in [-0.25, -0.2) is 4.98 Å². The van der Waals surface area contributed by atoms with Crippen molar-refractivity contribution in [3.05, 3.63) is 16.3 Å². The number of nitrogens with one attached hydrogen (secondary N) is 2. The largest absolute Gasteiger partial charge is 0.273 e. The predicted octanol–water partition coefficient (Wildman–Crippen LogP) is 3.85. The van der Waals surface area contributed by atoms with Gasteiger partial charge in [0.15, 0.2) is 10.8 Å². The summed E-state index contributed by atoms with van der Waals surface area (Å²) in [5, 5.41) is 10.7. The molecule has 5 rings (SSSR count). The average Bonchev–Trinajstić information content (AvgIpc) is 3.41. The summed E-state index contributed by atoms with van der Waals surface area (Å²) in [5.41, 5.74) is 7.37. The van der Waals surface area contributed by atoms with Crippen LogP contribution in [0, 0.1) is 11.8 Å². The fourth-order valence-corrected chi connectivity index (χ4v) is 7.12. The van der Waals surface area contributed by atoms with Crippen molar-refractivity contribution in [1.29, 1.82) is 0 Å². The van der Waals surface area contributed by atoms with Gasteiger partial charge in [0.1, 0.15) is 10.7 Å². The molecular formula is C23H30N6O2S2. The van der Waals surface area contributed by atoms with Gasteiger partial charge in [-0.05, 0) is 43.6 Å². The number of hydrogen-bond acceptors (Lipinski definition) is 7. The molecule has 176 valence electrons. The van der Waals surface area contributed by atoms with Gasteiger partial charge in [-0.15, -0.1) is 21.5 Å². The van der Waals surface area contributed by atoms with E-state index in [-0.39, 0.29) is 23.5 Å². The summed E-state index contributed by atoms with van der Waals surface area (Å²) < 4.78 is 2.01. The van der Waals surface area contributed by atoms with Crippen LogP contribution in [0.5, 0.6) is 0 Å². The van der Waals surface area contributed by atoms with Crippen molar-refractivity contribution in [3.8, 4) is 0 Å². The molecule has 2 aliphatic rings. The van der Waals surface area contributed by atoms with E-state index in [0.717, 1.165) is 66.6 Å². The fourth-order valence-electron chi connectivity index (χ4n) is 4.97. The first-order valence-corrected chi connectivity index (χ1v) is 13.7. The SMILES string of the molecule is CCc1nc2sc3c(c2c2nnc(SCC(=O)NNC(=O)C4CCCCC4)n12)CCC(C)C3. The smallest absolute Gasteiger partial charge is 0.248 e. The number of aromatic nitrogens is 4. The van der Waals surface area contributed by atoms with Gasteiger partial charge in [-0.1, -0.05) is 44.9 Å². The van der Waals surface area contributed by atoms with Crippen molar-refractivity contribution >= 4 is 50.8 Å². The Kier molecular flexibility index (Phi) is 6.56.